The van der Waals surface area contributed by atoms with Gasteiger partial charge in [-0.1, -0.05) is 30.3 Å². The number of halogens is 1. The van der Waals surface area contributed by atoms with E-state index in [4.69, 9.17) is 4.74 Å². The van der Waals surface area contributed by atoms with Gasteiger partial charge < -0.3 is 15.0 Å². The molecule has 1 N–H and O–H groups in total. The lowest BCUT2D eigenvalue weighted by molar-refractivity contribution is 0.270. The molecule has 7 heteroatoms. The maximum absolute atomic E-state index is 13.6. The minimum Gasteiger partial charge on any atom is -0.489 e. The molecule has 0 amide bonds. The van der Waals surface area contributed by atoms with Gasteiger partial charge in [0.2, 0.25) is 0 Å². The lowest BCUT2D eigenvalue weighted by Gasteiger charge is -2.22. The average molecular weight is 392 g/mol. The highest BCUT2D eigenvalue weighted by atomic mass is 32.2. The number of aliphatic imine (C=N–C) groups is 1. The molecule has 0 saturated carbocycles. The summed E-state index contributed by atoms with van der Waals surface area (Å²) >= 11 is 0. The number of hydrogen-bond donors (Lipinski definition) is 1. The molecule has 0 spiro atoms. The van der Waals surface area contributed by atoms with E-state index in [0.717, 1.165) is 11.4 Å². The number of para-hydroxylation sites is 1. The van der Waals surface area contributed by atoms with Gasteiger partial charge in [-0.05, 0) is 31.2 Å². The first-order chi connectivity index (χ1) is 13.1. The molecule has 1 unspecified atom stereocenters. The zero-order chi connectivity index (χ0) is 19.5. The Labute approximate surface area is 162 Å². The van der Waals surface area contributed by atoms with Gasteiger partial charge in [-0.3, -0.25) is 9.20 Å². The van der Waals surface area contributed by atoms with E-state index >= 15 is 0 Å². The van der Waals surface area contributed by atoms with Gasteiger partial charge in [-0.15, -0.1) is 0 Å². The molecule has 0 aliphatic rings. The van der Waals surface area contributed by atoms with Gasteiger partial charge >= 0.3 is 0 Å². The van der Waals surface area contributed by atoms with Crippen LogP contribution in [0, 0.1) is 5.82 Å². The van der Waals surface area contributed by atoms with Crippen molar-refractivity contribution < 1.29 is 13.3 Å². The third kappa shape index (κ3) is 7.02. The third-order valence-corrected chi connectivity index (χ3v) is 5.11. The summed E-state index contributed by atoms with van der Waals surface area (Å²) in [6.45, 7) is 4.03. The fourth-order valence-corrected chi connectivity index (χ4v) is 3.31. The largest absolute Gasteiger partial charge is 0.489 e. The number of likely N-dealkylation sites (N-methyl/N-ethyl adjacent to an activating group) is 1. The van der Waals surface area contributed by atoms with Crippen molar-refractivity contribution >= 4 is 16.8 Å². The topological polar surface area (TPSA) is 53.9 Å². The number of benzene rings is 2. The maximum Gasteiger partial charge on any atom is 0.193 e. The summed E-state index contributed by atoms with van der Waals surface area (Å²) < 4.78 is 31.3. The first kappa shape index (κ1) is 20.9. The molecule has 0 heterocycles. The maximum atomic E-state index is 13.6. The first-order valence-corrected chi connectivity index (χ1v) is 10.2. The fraction of sp³-hybridized carbons (Fsp3) is 0.350. The van der Waals surface area contributed by atoms with Gasteiger partial charge in [0, 0.05) is 24.2 Å². The molecular weight excluding hydrogens is 365 g/mol. The Hall–Kier alpha value is -2.41. The molecule has 0 bridgehead atoms. The minimum absolute atomic E-state index is 0.242. The molecule has 0 aliphatic carbocycles. The standard InChI is InChI=1S/C20H26FN3O2S/c1-3-22-20(23-13-16-27(25)17-9-5-4-6-10-17)24(2)14-15-26-19-12-8-7-11-18(19)21/h4-12H,3,13-16H2,1-2H3,(H,22,23). The Morgan fingerprint density at radius 2 is 1.89 bits per heavy atom. The van der Waals surface area contributed by atoms with Crippen LogP contribution in [-0.4, -0.2) is 54.1 Å². The molecule has 0 fully saturated rings. The molecule has 5 nitrogen and oxygen atoms in total. The molecule has 2 aromatic rings. The Kier molecular flexibility index (Phi) is 8.77. The van der Waals surface area contributed by atoms with Crippen molar-refractivity contribution in [3.8, 4) is 5.75 Å². The van der Waals surface area contributed by atoms with Crippen LogP contribution in [0.25, 0.3) is 0 Å². The molecule has 0 aliphatic heterocycles. The van der Waals surface area contributed by atoms with Crippen LogP contribution in [0.2, 0.25) is 0 Å². The van der Waals surface area contributed by atoms with Gasteiger partial charge in [-0.2, -0.15) is 0 Å². The molecule has 2 rings (SSSR count). The molecule has 146 valence electrons. The Balaban J connectivity index is 1.84. The van der Waals surface area contributed by atoms with Gasteiger partial charge in [0.25, 0.3) is 0 Å². The van der Waals surface area contributed by atoms with Crippen LogP contribution in [0.15, 0.2) is 64.5 Å². The molecular formula is C20H26FN3O2S. The van der Waals surface area contributed by atoms with Gasteiger partial charge in [0.05, 0.1) is 23.9 Å². The van der Waals surface area contributed by atoms with Crippen molar-refractivity contribution in [3.63, 3.8) is 0 Å². The second-order valence-corrected chi connectivity index (χ2v) is 7.37. The van der Waals surface area contributed by atoms with Crippen molar-refractivity contribution in [2.24, 2.45) is 4.99 Å². The van der Waals surface area contributed by atoms with E-state index in [1.165, 1.54) is 6.07 Å². The normalized spacial score (nSPS) is 12.5. The number of rotatable bonds is 9. The second-order valence-electron chi connectivity index (χ2n) is 5.80. The van der Waals surface area contributed by atoms with Gasteiger partial charge in [-0.25, -0.2) is 4.39 Å². The molecule has 2 aromatic carbocycles. The van der Waals surface area contributed by atoms with Crippen LogP contribution in [0.4, 0.5) is 4.39 Å². The second kappa shape index (κ2) is 11.3. The van der Waals surface area contributed by atoms with Crippen LogP contribution < -0.4 is 10.1 Å². The smallest absolute Gasteiger partial charge is 0.193 e. The quantitative estimate of drug-likeness (QED) is 0.528. The van der Waals surface area contributed by atoms with Crippen molar-refractivity contribution in [2.45, 2.75) is 11.8 Å². The molecule has 0 saturated heterocycles. The van der Waals surface area contributed by atoms with Crippen LogP contribution in [0.3, 0.4) is 0 Å². The Morgan fingerprint density at radius 1 is 1.19 bits per heavy atom. The number of hydrogen-bond acceptors (Lipinski definition) is 3. The van der Waals surface area contributed by atoms with E-state index in [-0.39, 0.29) is 11.6 Å². The van der Waals surface area contributed by atoms with Crippen LogP contribution in [-0.2, 0) is 10.8 Å². The highest BCUT2D eigenvalue weighted by Crippen LogP contribution is 2.15. The van der Waals surface area contributed by atoms with Crippen molar-refractivity contribution in [3.05, 3.63) is 60.4 Å². The zero-order valence-corrected chi connectivity index (χ0v) is 16.5. The van der Waals surface area contributed by atoms with Crippen LogP contribution in [0.1, 0.15) is 6.92 Å². The summed E-state index contributed by atoms with van der Waals surface area (Å²) in [6.07, 6.45) is 0. The fourth-order valence-electron chi connectivity index (χ4n) is 2.35. The van der Waals surface area contributed by atoms with Crippen LogP contribution in [0.5, 0.6) is 5.75 Å². The Bertz CT molecular complexity index is 756. The van der Waals surface area contributed by atoms with E-state index in [2.05, 4.69) is 10.3 Å². The predicted molar refractivity (Wildman–Crippen MR) is 108 cm³/mol. The average Bonchev–Trinajstić information content (AvgIpc) is 2.69. The van der Waals surface area contributed by atoms with Crippen LogP contribution >= 0.6 is 0 Å². The van der Waals surface area contributed by atoms with E-state index in [9.17, 15) is 8.60 Å². The first-order valence-electron chi connectivity index (χ1n) is 8.92. The van der Waals surface area contributed by atoms with E-state index in [1.807, 2.05) is 49.2 Å². The van der Waals surface area contributed by atoms with E-state index in [1.54, 1.807) is 18.2 Å². The van der Waals surface area contributed by atoms with Gasteiger partial charge in [0.15, 0.2) is 17.5 Å². The van der Waals surface area contributed by atoms with E-state index in [0.29, 0.717) is 31.4 Å². The highest BCUT2D eigenvalue weighted by Gasteiger charge is 2.08. The van der Waals surface area contributed by atoms with Crippen molar-refractivity contribution in [1.82, 2.24) is 10.2 Å². The lowest BCUT2D eigenvalue weighted by Crippen LogP contribution is -2.41. The molecule has 0 radical (unpaired) electrons. The highest BCUT2D eigenvalue weighted by molar-refractivity contribution is 7.85. The number of ether oxygens (including phenoxy) is 1. The SMILES string of the molecule is CCNC(=NCCS(=O)c1ccccc1)N(C)CCOc1ccccc1F. The zero-order valence-electron chi connectivity index (χ0n) is 15.7. The van der Waals surface area contributed by atoms with E-state index < -0.39 is 10.8 Å². The monoisotopic (exact) mass is 391 g/mol. The summed E-state index contributed by atoms with van der Waals surface area (Å²) in [7, 11) is 0.820. The molecule has 1 atom stereocenters. The summed E-state index contributed by atoms with van der Waals surface area (Å²) in [4.78, 5) is 7.25. The van der Waals surface area contributed by atoms with Crippen molar-refractivity contribution in [1.29, 1.82) is 0 Å². The summed E-state index contributed by atoms with van der Waals surface area (Å²) in [6, 6.07) is 15.7. The summed E-state index contributed by atoms with van der Waals surface area (Å²) in [5.41, 5.74) is 0. The third-order valence-electron chi connectivity index (χ3n) is 3.76. The minimum atomic E-state index is -1.07. The summed E-state index contributed by atoms with van der Waals surface area (Å²) in [5, 5.41) is 3.20. The van der Waals surface area contributed by atoms with Crippen molar-refractivity contribution in [2.75, 3.05) is 39.0 Å². The predicted octanol–water partition coefficient (Wildman–Crippen LogP) is 2.91. The number of nitrogens with zero attached hydrogens (tertiary/aromatic N) is 2. The summed E-state index contributed by atoms with van der Waals surface area (Å²) in [5.74, 6) is 1.04. The molecule has 0 aromatic heterocycles. The molecule has 27 heavy (non-hydrogen) atoms. The lowest BCUT2D eigenvalue weighted by atomic mass is 10.3. The number of nitrogens with one attached hydrogen (secondary N) is 1. The van der Waals surface area contributed by atoms with Gasteiger partial charge in [0.1, 0.15) is 6.61 Å². The Morgan fingerprint density at radius 3 is 2.59 bits per heavy atom. The number of guanidine groups is 1.